The van der Waals surface area contributed by atoms with Crippen molar-refractivity contribution < 1.29 is 19.3 Å². The molecule has 0 bridgehead atoms. The lowest BCUT2D eigenvalue weighted by molar-refractivity contribution is -0.0456. The van der Waals surface area contributed by atoms with Crippen molar-refractivity contribution in [1.29, 1.82) is 5.26 Å². The van der Waals surface area contributed by atoms with Gasteiger partial charge in [0.05, 0.1) is 34.7 Å². The van der Waals surface area contributed by atoms with Gasteiger partial charge in [0.1, 0.15) is 36.6 Å². The maximum absolute atomic E-state index is 10.6. The van der Waals surface area contributed by atoms with E-state index in [-0.39, 0.29) is 18.3 Å². The number of anilines is 1. The van der Waals surface area contributed by atoms with Gasteiger partial charge >= 0.3 is 0 Å². The number of fused-ring (bicyclic) bond motifs is 2. The molecule has 0 amide bonds. The van der Waals surface area contributed by atoms with Crippen LogP contribution in [0.15, 0.2) is 36.9 Å². The van der Waals surface area contributed by atoms with Crippen LogP contribution in [0.25, 0.3) is 21.9 Å². The van der Waals surface area contributed by atoms with Gasteiger partial charge in [-0.05, 0) is 12.1 Å². The molecule has 10 nitrogen and oxygen atoms in total. The Morgan fingerprint density at radius 2 is 2.15 bits per heavy atom. The number of pyridine rings is 1. The van der Waals surface area contributed by atoms with Gasteiger partial charge in [-0.3, -0.25) is 4.98 Å². The molecule has 0 spiro atoms. The predicted molar refractivity (Wildman–Crippen MR) is 120 cm³/mol. The summed E-state index contributed by atoms with van der Waals surface area (Å²) in [6, 6.07) is 7.19. The van der Waals surface area contributed by atoms with Gasteiger partial charge in [-0.25, -0.2) is 9.97 Å². The zero-order valence-electron chi connectivity index (χ0n) is 17.5. The van der Waals surface area contributed by atoms with Crippen LogP contribution in [0, 0.1) is 11.3 Å². The maximum Gasteiger partial charge on any atom is 0.163 e. The Bertz CT molecular complexity index is 1400. The van der Waals surface area contributed by atoms with E-state index in [0.717, 1.165) is 0 Å². The lowest BCUT2D eigenvalue weighted by atomic mass is 10.1. The third kappa shape index (κ3) is 3.66. The first-order valence-electron chi connectivity index (χ1n) is 10.1. The van der Waals surface area contributed by atoms with Crippen LogP contribution in [0.3, 0.4) is 0 Å². The van der Waals surface area contributed by atoms with Gasteiger partial charge in [0, 0.05) is 30.3 Å². The number of aromatic nitrogens is 4. The average Bonchev–Trinajstić information content (AvgIpc) is 3.41. The van der Waals surface area contributed by atoms with Crippen molar-refractivity contribution >= 4 is 39.4 Å². The van der Waals surface area contributed by atoms with E-state index in [1.165, 1.54) is 19.6 Å². The Morgan fingerprint density at radius 1 is 1.30 bits per heavy atom. The third-order valence-corrected chi connectivity index (χ3v) is 6.02. The molecule has 0 unspecified atom stereocenters. The molecule has 1 saturated heterocycles. The SMILES string of the molecule is COc1cc2c(Cl)c(C#N)cnc2cc1OC[C@@H]1C[C@@H](O)[C@H](n2ccc3c(N)ncnc32)O1. The predicted octanol–water partition coefficient (Wildman–Crippen LogP) is 2.82. The summed E-state index contributed by atoms with van der Waals surface area (Å²) in [6.07, 6.45) is 3.17. The largest absolute Gasteiger partial charge is 0.493 e. The van der Waals surface area contributed by atoms with Crippen LogP contribution in [0.5, 0.6) is 11.5 Å². The lowest BCUT2D eigenvalue weighted by Crippen LogP contribution is -2.20. The number of hydrogen-bond acceptors (Lipinski definition) is 9. The molecule has 1 fully saturated rings. The number of aliphatic hydroxyl groups is 1. The summed E-state index contributed by atoms with van der Waals surface area (Å²) in [5.74, 6) is 1.26. The summed E-state index contributed by atoms with van der Waals surface area (Å²) < 4.78 is 19.2. The van der Waals surface area contributed by atoms with Gasteiger partial charge in [-0.1, -0.05) is 11.6 Å². The van der Waals surface area contributed by atoms with Crippen LogP contribution < -0.4 is 15.2 Å². The standard InChI is InChI=1S/C22H19ClN6O4/c1-31-17-5-14-15(26-8-11(7-24)19(14)23)6-18(17)32-9-12-4-16(30)22(33-12)29-3-2-13-20(25)27-10-28-21(13)29/h2-3,5-6,8,10,12,16,22,30H,4,9H2,1H3,(H2,25,27,28)/t12-,16+,22+/m0/s1. The Morgan fingerprint density at radius 3 is 2.94 bits per heavy atom. The molecule has 4 heterocycles. The fourth-order valence-corrected chi connectivity index (χ4v) is 4.23. The molecule has 1 aliphatic heterocycles. The number of nitrogens with zero attached hydrogens (tertiary/aromatic N) is 5. The molecule has 168 valence electrons. The van der Waals surface area contributed by atoms with Crippen molar-refractivity contribution in [3.63, 3.8) is 0 Å². The fourth-order valence-electron chi connectivity index (χ4n) is 3.98. The Labute approximate surface area is 193 Å². The van der Waals surface area contributed by atoms with Gasteiger partial charge in [0.25, 0.3) is 0 Å². The smallest absolute Gasteiger partial charge is 0.163 e. The highest BCUT2D eigenvalue weighted by Crippen LogP contribution is 2.37. The second-order valence-corrected chi connectivity index (χ2v) is 7.98. The molecule has 3 N–H and O–H groups in total. The molecule has 1 aliphatic rings. The first kappa shape index (κ1) is 21.2. The summed E-state index contributed by atoms with van der Waals surface area (Å²) in [7, 11) is 1.51. The highest BCUT2D eigenvalue weighted by atomic mass is 35.5. The number of hydrogen-bond donors (Lipinski definition) is 2. The zero-order valence-corrected chi connectivity index (χ0v) is 18.2. The Balaban J connectivity index is 1.35. The van der Waals surface area contributed by atoms with E-state index < -0.39 is 12.3 Å². The summed E-state index contributed by atoms with van der Waals surface area (Å²) in [6.45, 7) is 0.176. The molecule has 0 aliphatic carbocycles. The molecule has 3 aromatic heterocycles. The normalized spacial score (nSPS) is 20.2. The molecule has 11 heteroatoms. The van der Waals surface area contributed by atoms with Crippen molar-refractivity contribution in [2.45, 2.75) is 24.9 Å². The van der Waals surface area contributed by atoms with Gasteiger partial charge in [0.15, 0.2) is 17.7 Å². The minimum atomic E-state index is -0.756. The highest BCUT2D eigenvalue weighted by Gasteiger charge is 2.36. The number of benzene rings is 1. The Hall–Kier alpha value is -3.65. The molecule has 0 radical (unpaired) electrons. The average molecular weight is 467 g/mol. The van der Waals surface area contributed by atoms with Crippen molar-refractivity contribution in [1.82, 2.24) is 19.5 Å². The highest BCUT2D eigenvalue weighted by molar-refractivity contribution is 6.36. The second kappa shape index (κ2) is 8.37. The first-order chi connectivity index (χ1) is 16.0. The third-order valence-electron chi connectivity index (χ3n) is 5.61. The van der Waals surface area contributed by atoms with Crippen molar-refractivity contribution in [3.8, 4) is 17.6 Å². The number of methoxy groups -OCH3 is 1. The van der Waals surface area contributed by atoms with Gasteiger partial charge in [-0.2, -0.15) is 5.26 Å². The number of ether oxygens (including phenoxy) is 3. The number of halogens is 1. The Kier molecular flexibility index (Phi) is 5.38. The molecular weight excluding hydrogens is 448 g/mol. The molecule has 5 rings (SSSR count). The van der Waals surface area contributed by atoms with E-state index in [0.29, 0.717) is 50.7 Å². The molecule has 0 saturated carbocycles. The van der Waals surface area contributed by atoms with E-state index in [4.69, 9.17) is 36.8 Å². The van der Waals surface area contributed by atoms with E-state index in [2.05, 4.69) is 15.0 Å². The zero-order chi connectivity index (χ0) is 23.1. The van der Waals surface area contributed by atoms with Crippen LogP contribution in [-0.2, 0) is 4.74 Å². The van der Waals surface area contributed by atoms with Crippen LogP contribution in [0.4, 0.5) is 5.82 Å². The number of nitrogens with two attached hydrogens (primary N) is 1. The van der Waals surface area contributed by atoms with Gasteiger partial charge in [0.2, 0.25) is 0 Å². The summed E-state index contributed by atoms with van der Waals surface area (Å²) >= 11 is 6.31. The minimum absolute atomic E-state index is 0.176. The van der Waals surface area contributed by atoms with Crippen LogP contribution >= 0.6 is 11.6 Å². The molecule has 1 aromatic carbocycles. The molecule has 3 atom stereocenters. The molecule has 4 aromatic rings. The second-order valence-electron chi connectivity index (χ2n) is 7.60. The van der Waals surface area contributed by atoms with E-state index in [1.54, 1.807) is 29.0 Å². The number of nitriles is 1. The number of rotatable bonds is 5. The van der Waals surface area contributed by atoms with Crippen molar-refractivity contribution in [3.05, 3.63) is 47.5 Å². The van der Waals surface area contributed by atoms with Gasteiger partial charge < -0.3 is 29.6 Å². The van der Waals surface area contributed by atoms with E-state index in [1.807, 2.05) is 6.07 Å². The summed E-state index contributed by atoms with van der Waals surface area (Å²) in [5.41, 5.74) is 7.34. The van der Waals surface area contributed by atoms with Crippen LogP contribution in [0.2, 0.25) is 5.02 Å². The fraction of sp³-hybridized carbons (Fsp3) is 0.273. The topological polar surface area (TPSA) is 141 Å². The van der Waals surface area contributed by atoms with E-state index >= 15 is 0 Å². The van der Waals surface area contributed by atoms with Crippen LogP contribution in [-0.4, -0.2) is 50.6 Å². The number of nitrogen functional groups attached to an aromatic ring is 1. The summed E-state index contributed by atoms with van der Waals surface area (Å²) in [5, 5.41) is 21.4. The number of aliphatic hydroxyl groups excluding tert-OH is 1. The van der Waals surface area contributed by atoms with E-state index in [9.17, 15) is 5.11 Å². The van der Waals surface area contributed by atoms with Crippen molar-refractivity contribution in [2.24, 2.45) is 0 Å². The van der Waals surface area contributed by atoms with Crippen LogP contribution in [0.1, 0.15) is 18.2 Å². The summed E-state index contributed by atoms with van der Waals surface area (Å²) in [4.78, 5) is 12.5. The first-order valence-corrected chi connectivity index (χ1v) is 10.5. The maximum atomic E-state index is 10.6. The van der Waals surface area contributed by atoms with Crippen molar-refractivity contribution in [2.75, 3.05) is 19.5 Å². The molecular formula is C22H19ClN6O4. The monoisotopic (exact) mass is 466 g/mol. The van der Waals surface area contributed by atoms with Gasteiger partial charge in [-0.15, -0.1) is 0 Å². The lowest BCUT2D eigenvalue weighted by Gasteiger charge is -2.18. The minimum Gasteiger partial charge on any atom is -0.493 e. The quantitative estimate of drug-likeness (QED) is 0.454. The molecule has 33 heavy (non-hydrogen) atoms.